The van der Waals surface area contributed by atoms with Crippen LogP contribution >= 0.6 is 11.8 Å². The van der Waals surface area contributed by atoms with Gasteiger partial charge in [-0.25, -0.2) is 0 Å². The van der Waals surface area contributed by atoms with Crippen molar-refractivity contribution in [1.82, 2.24) is 5.32 Å². The molecule has 2 aromatic rings. The highest BCUT2D eigenvalue weighted by atomic mass is 32.2. The number of nitrogens with one attached hydrogen (secondary N) is 2. The summed E-state index contributed by atoms with van der Waals surface area (Å²) in [4.78, 5) is 36.4. The van der Waals surface area contributed by atoms with Gasteiger partial charge in [0.2, 0.25) is 0 Å². The number of hydrogen-bond acceptors (Lipinski definition) is 5. The number of anilines is 1. The van der Waals surface area contributed by atoms with Gasteiger partial charge in [-0.05, 0) is 43.4 Å². The molecule has 2 aromatic carbocycles. The summed E-state index contributed by atoms with van der Waals surface area (Å²) < 4.78 is 0. The number of carbonyl (C=O) groups is 2. The molecule has 1 aliphatic rings. The zero-order chi connectivity index (χ0) is 18.7. The van der Waals surface area contributed by atoms with E-state index in [1.807, 2.05) is 6.26 Å². The maximum Gasteiger partial charge on any atom is 0.282 e. The predicted octanol–water partition coefficient (Wildman–Crippen LogP) is 3.46. The molecule has 2 N–H and O–H groups in total. The van der Waals surface area contributed by atoms with Crippen molar-refractivity contribution in [2.45, 2.75) is 23.8 Å². The lowest BCUT2D eigenvalue weighted by Crippen LogP contribution is -2.27. The Morgan fingerprint density at radius 1 is 1.12 bits per heavy atom. The Hall–Kier alpha value is -2.87. The second-order valence-electron chi connectivity index (χ2n) is 5.89. The fraction of sp³-hybridized carbons (Fsp3) is 0.222. The molecule has 3 rings (SSSR count). The molecule has 0 atom stereocenters. The Morgan fingerprint density at radius 3 is 2.50 bits per heavy atom. The minimum atomic E-state index is -0.626. The van der Waals surface area contributed by atoms with Crippen molar-refractivity contribution in [2.75, 3.05) is 11.6 Å². The standard InChI is InChI=1S/C18H17N3O4S/c1-26-12-8-9-16(21(24)25)14(10-12)18(23)20-15-5-3-2-4-13(15)17(22)19-11-6-7-11/h2-5,8-11H,6-7H2,1H3,(H,19,22)(H,20,23). The molecule has 1 saturated carbocycles. The lowest BCUT2D eigenvalue weighted by atomic mass is 10.1. The number of amides is 2. The van der Waals surface area contributed by atoms with Crippen molar-refractivity contribution in [3.63, 3.8) is 0 Å². The number of rotatable bonds is 6. The van der Waals surface area contributed by atoms with E-state index in [1.165, 1.54) is 23.9 Å². The molecule has 1 fully saturated rings. The van der Waals surface area contributed by atoms with Crippen molar-refractivity contribution in [1.29, 1.82) is 0 Å². The fourth-order valence-electron chi connectivity index (χ4n) is 2.45. The van der Waals surface area contributed by atoms with Gasteiger partial charge in [0, 0.05) is 17.0 Å². The molecule has 0 unspecified atom stereocenters. The van der Waals surface area contributed by atoms with Gasteiger partial charge >= 0.3 is 0 Å². The number of nitro groups is 1. The molecule has 134 valence electrons. The van der Waals surface area contributed by atoms with Gasteiger partial charge in [-0.1, -0.05) is 12.1 Å². The summed E-state index contributed by atoms with van der Waals surface area (Å²) in [6.45, 7) is 0. The van der Waals surface area contributed by atoms with Gasteiger partial charge < -0.3 is 10.6 Å². The molecule has 2 amide bonds. The van der Waals surface area contributed by atoms with Gasteiger partial charge in [-0.15, -0.1) is 11.8 Å². The Labute approximate surface area is 154 Å². The zero-order valence-electron chi connectivity index (χ0n) is 14.0. The van der Waals surface area contributed by atoms with Gasteiger partial charge in [0.15, 0.2) is 0 Å². The molecule has 0 bridgehead atoms. The number of carbonyl (C=O) groups excluding carboxylic acids is 2. The highest BCUT2D eigenvalue weighted by molar-refractivity contribution is 7.98. The Kier molecular flexibility index (Phi) is 5.22. The molecule has 0 heterocycles. The summed E-state index contributed by atoms with van der Waals surface area (Å²) in [5, 5.41) is 16.7. The molecule has 0 radical (unpaired) electrons. The summed E-state index contributed by atoms with van der Waals surface area (Å²) in [6, 6.07) is 11.2. The van der Waals surface area contributed by atoms with Crippen LogP contribution in [0.1, 0.15) is 33.6 Å². The van der Waals surface area contributed by atoms with E-state index in [-0.39, 0.29) is 23.2 Å². The van der Waals surface area contributed by atoms with Gasteiger partial charge in [0.1, 0.15) is 5.56 Å². The van der Waals surface area contributed by atoms with Gasteiger partial charge in [-0.3, -0.25) is 19.7 Å². The summed E-state index contributed by atoms with van der Waals surface area (Å²) >= 11 is 1.38. The zero-order valence-corrected chi connectivity index (χ0v) is 14.8. The Balaban J connectivity index is 1.89. The van der Waals surface area contributed by atoms with Crippen LogP contribution in [0.3, 0.4) is 0 Å². The lowest BCUT2D eigenvalue weighted by molar-refractivity contribution is -0.385. The summed E-state index contributed by atoms with van der Waals surface area (Å²) in [5.41, 5.74) is 0.329. The van der Waals surface area contributed by atoms with E-state index in [0.717, 1.165) is 17.7 Å². The van der Waals surface area contributed by atoms with E-state index in [4.69, 9.17) is 0 Å². The van der Waals surface area contributed by atoms with Crippen molar-refractivity contribution in [3.8, 4) is 0 Å². The van der Waals surface area contributed by atoms with E-state index in [9.17, 15) is 19.7 Å². The van der Waals surface area contributed by atoms with E-state index in [0.29, 0.717) is 11.3 Å². The third-order valence-electron chi connectivity index (χ3n) is 3.98. The molecule has 0 saturated heterocycles. The smallest absolute Gasteiger partial charge is 0.282 e. The van der Waals surface area contributed by atoms with Gasteiger partial charge in [-0.2, -0.15) is 0 Å². The largest absolute Gasteiger partial charge is 0.349 e. The molecular weight excluding hydrogens is 354 g/mol. The van der Waals surface area contributed by atoms with Crippen LogP contribution in [-0.4, -0.2) is 29.0 Å². The fourth-order valence-corrected chi connectivity index (χ4v) is 2.89. The van der Waals surface area contributed by atoms with Crippen LogP contribution in [0.2, 0.25) is 0 Å². The number of nitro benzene ring substituents is 1. The van der Waals surface area contributed by atoms with Crippen LogP contribution in [-0.2, 0) is 0 Å². The number of thioether (sulfide) groups is 1. The van der Waals surface area contributed by atoms with Crippen LogP contribution in [0.15, 0.2) is 47.4 Å². The second-order valence-corrected chi connectivity index (χ2v) is 6.77. The van der Waals surface area contributed by atoms with Crippen LogP contribution in [0.5, 0.6) is 0 Å². The van der Waals surface area contributed by atoms with Crippen LogP contribution in [0, 0.1) is 10.1 Å². The topological polar surface area (TPSA) is 101 Å². The van der Waals surface area contributed by atoms with Crippen molar-refractivity contribution >= 4 is 35.0 Å². The maximum absolute atomic E-state index is 12.7. The normalized spacial score (nSPS) is 13.1. The summed E-state index contributed by atoms with van der Waals surface area (Å²) in [7, 11) is 0. The van der Waals surface area contributed by atoms with Crippen molar-refractivity contribution in [3.05, 3.63) is 63.7 Å². The van der Waals surface area contributed by atoms with E-state index >= 15 is 0 Å². The predicted molar refractivity (Wildman–Crippen MR) is 99.8 cm³/mol. The minimum absolute atomic E-state index is 0.0424. The molecular formula is C18H17N3O4S. The minimum Gasteiger partial charge on any atom is -0.349 e. The van der Waals surface area contributed by atoms with Crippen molar-refractivity contribution in [2.24, 2.45) is 0 Å². The van der Waals surface area contributed by atoms with E-state index < -0.39 is 10.8 Å². The summed E-state index contributed by atoms with van der Waals surface area (Å²) in [5.74, 6) is -0.893. The third kappa shape index (κ3) is 4.02. The number of benzene rings is 2. The third-order valence-corrected chi connectivity index (χ3v) is 4.70. The van der Waals surface area contributed by atoms with Crippen LogP contribution in [0.4, 0.5) is 11.4 Å². The number of nitrogens with zero attached hydrogens (tertiary/aromatic N) is 1. The first kappa shape index (κ1) is 17.9. The molecule has 1 aliphatic carbocycles. The number of para-hydroxylation sites is 1. The average Bonchev–Trinajstić information content (AvgIpc) is 3.45. The number of hydrogen-bond donors (Lipinski definition) is 2. The highest BCUT2D eigenvalue weighted by Crippen LogP contribution is 2.27. The first-order valence-electron chi connectivity index (χ1n) is 8.03. The Morgan fingerprint density at radius 2 is 1.85 bits per heavy atom. The molecule has 26 heavy (non-hydrogen) atoms. The monoisotopic (exact) mass is 371 g/mol. The molecule has 8 heteroatoms. The molecule has 0 spiro atoms. The quantitative estimate of drug-likeness (QED) is 0.460. The molecule has 7 nitrogen and oxygen atoms in total. The van der Waals surface area contributed by atoms with Gasteiger partial charge in [0.25, 0.3) is 17.5 Å². The maximum atomic E-state index is 12.7. The average molecular weight is 371 g/mol. The Bertz CT molecular complexity index is 880. The second kappa shape index (κ2) is 7.57. The van der Waals surface area contributed by atoms with Crippen LogP contribution in [0.25, 0.3) is 0 Å². The molecule has 0 aliphatic heterocycles. The lowest BCUT2D eigenvalue weighted by Gasteiger charge is -2.11. The SMILES string of the molecule is CSc1ccc([N+](=O)[O-])c(C(=O)Nc2ccccc2C(=O)NC2CC2)c1. The molecule has 0 aromatic heterocycles. The first-order chi connectivity index (χ1) is 12.5. The highest BCUT2D eigenvalue weighted by Gasteiger charge is 2.26. The van der Waals surface area contributed by atoms with Crippen LogP contribution < -0.4 is 10.6 Å². The summed E-state index contributed by atoms with van der Waals surface area (Å²) in [6.07, 6.45) is 3.72. The van der Waals surface area contributed by atoms with Gasteiger partial charge in [0.05, 0.1) is 16.2 Å². The van der Waals surface area contributed by atoms with E-state index in [1.54, 1.807) is 30.3 Å². The first-order valence-corrected chi connectivity index (χ1v) is 9.25. The van der Waals surface area contributed by atoms with Crippen molar-refractivity contribution < 1.29 is 14.5 Å². The van der Waals surface area contributed by atoms with E-state index in [2.05, 4.69) is 10.6 Å².